The molecule has 36 heavy (non-hydrogen) atoms. The van der Waals surface area contributed by atoms with E-state index in [1.807, 2.05) is 0 Å². The highest BCUT2D eigenvalue weighted by atomic mass is 35.5. The van der Waals surface area contributed by atoms with E-state index in [0.717, 1.165) is 25.9 Å². The lowest BCUT2D eigenvalue weighted by atomic mass is 10.2. The van der Waals surface area contributed by atoms with Gasteiger partial charge in [-0.05, 0) is 74.3 Å². The molecule has 1 saturated heterocycles. The average Bonchev–Trinajstić information content (AvgIpc) is 3.33. The van der Waals surface area contributed by atoms with Crippen molar-refractivity contribution in [1.29, 1.82) is 0 Å². The highest BCUT2D eigenvalue weighted by Crippen LogP contribution is 2.48. The van der Waals surface area contributed by atoms with Crippen LogP contribution in [0.5, 0.6) is 0 Å². The first-order valence-corrected chi connectivity index (χ1v) is 12.4. The quantitative estimate of drug-likeness (QED) is 0.502. The number of pyridine rings is 1. The van der Waals surface area contributed by atoms with Gasteiger partial charge in [0.25, 0.3) is 5.56 Å². The van der Waals surface area contributed by atoms with E-state index in [4.69, 9.17) is 11.6 Å². The Morgan fingerprint density at radius 2 is 1.64 bits per heavy atom. The molecule has 2 N–H and O–H groups in total. The van der Waals surface area contributed by atoms with E-state index in [1.54, 1.807) is 48.7 Å². The first-order chi connectivity index (χ1) is 17.4. The maximum Gasteiger partial charge on any atom is 0.255 e. The van der Waals surface area contributed by atoms with Crippen LogP contribution >= 0.6 is 11.6 Å². The first kappa shape index (κ1) is 24.2. The first-order valence-electron chi connectivity index (χ1n) is 12.0. The third-order valence-corrected chi connectivity index (χ3v) is 7.12. The monoisotopic (exact) mass is 508 g/mol. The van der Waals surface area contributed by atoms with Crippen molar-refractivity contribution in [3.05, 3.63) is 88.1 Å². The van der Waals surface area contributed by atoms with Crippen LogP contribution in [0.4, 0.5) is 15.8 Å². The fourth-order valence-corrected chi connectivity index (χ4v) is 5.08. The summed E-state index contributed by atoms with van der Waals surface area (Å²) in [5.41, 5.74) is 0.685. The number of hydrogen-bond acceptors (Lipinski definition) is 4. The van der Waals surface area contributed by atoms with Crippen LogP contribution in [0.25, 0.3) is 5.69 Å². The van der Waals surface area contributed by atoms with Crippen molar-refractivity contribution in [3.8, 4) is 5.69 Å². The van der Waals surface area contributed by atoms with E-state index >= 15 is 0 Å². The smallest absolute Gasteiger partial charge is 0.255 e. The fourth-order valence-electron chi connectivity index (χ4n) is 4.95. The second kappa shape index (κ2) is 10.2. The zero-order valence-electron chi connectivity index (χ0n) is 19.5. The highest BCUT2D eigenvalue weighted by Gasteiger charge is 2.59. The van der Waals surface area contributed by atoms with Crippen LogP contribution in [0.15, 0.2) is 71.7 Å². The molecule has 5 rings (SSSR count). The minimum Gasteiger partial charge on any atom is -0.326 e. The Labute approximate surface area is 212 Å². The lowest BCUT2D eigenvalue weighted by Crippen LogP contribution is -2.24. The maximum atomic E-state index is 14.9. The molecule has 3 aromatic rings. The molecule has 2 amide bonds. The molecule has 1 aliphatic heterocycles. The van der Waals surface area contributed by atoms with Gasteiger partial charge in [0, 0.05) is 35.6 Å². The molecule has 9 heteroatoms. The molecule has 1 aromatic heterocycles. The normalized spacial score (nSPS) is 21.2. The average molecular weight is 509 g/mol. The van der Waals surface area contributed by atoms with E-state index in [1.165, 1.54) is 22.8 Å². The fraction of sp³-hybridized carbons (Fsp3) is 0.296. The minimum absolute atomic E-state index is 0.0106. The number of nitrogens with zero attached hydrogens (tertiary/aromatic N) is 2. The van der Waals surface area contributed by atoms with Crippen molar-refractivity contribution in [2.75, 3.05) is 30.3 Å². The number of anilines is 2. The van der Waals surface area contributed by atoms with E-state index < -0.39 is 17.7 Å². The van der Waals surface area contributed by atoms with Crippen LogP contribution < -0.4 is 16.2 Å². The number of likely N-dealkylation sites (tertiary alicyclic amines) is 1. The molecule has 0 radical (unpaired) electrons. The SMILES string of the molecule is O=C(Nc1ccc(-n2ccccc2=O)cc1F)[C@@H]1[C@@H](CN2CCCC2)[C@@H]1C(=O)Nc1ccc(Cl)cc1. The topological polar surface area (TPSA) is 83.4 Å². The third kappa shape index (κ3) is 5.20. The summed E-state index contributed by atoms with van der Waals surface area (Å²) in [4.78, 5) is 40.6. The van der Waals surface area contributed by atoms with Crippen molar-refractivity contribution >= 4 is 34.8 Å². The zero-order valence-corrected chi connectivity index (χ0v) is 20.2. The predicted molar refractivity (Wildman–Crippen MR) is 137 cm³/mol. The summed E-state index contributed by atoms with van der Waals surface area (Å²) in [6, 6.07) is 15.7. The van der Waals surface area contributed by atoms with Crippen molar-refractivity contribution in [3.63, 3.8) is 0 Å². The lowest BCUT2D eigenvalue weighted by molar-refractivity contribution is -0.122. The van der Waals surface area contributed by atoms with Gasteiger partial charge < -0.3 is 15.5 Å². The summed E-state index contributed by atoms with van der Waals surface area (Å²) in [5, 5.41) is 6.10. The standard InChI is InChI=1S/C27H26ClFN4O3/c28-17-6-8-18(9-7-17)30-26(35)24-20(16-32-12-3-4-13-32)25(24)27(36)31-22-11-10-19(15-21(22)29)33-14-2-1-5-23(33)34/h1-2,5-11,14-15,20,24-25H,3-4,12-13,16H2,(H,30,35)(H,31,36)/t20-,24-,25+/m0/s1. The van der Waals surface area contributed by atoms with Gasteiger partial charge in [0.05, 0.1) is 23.2 Å². The Kier molecular flexibility index (Phi) is 6.89. The number of amides is 2. The number of halogens is 2. The summed E-state index contributed by atoms with van der Waals surface area (Å²) < 4.78 is 16.2. The number of nitrogens with one attached hydrogen (secondary N) is 2. The molecule has 2 aromatic carbocycles. The molecule has 0 spiro atoms. The molecule has 0 bridgehead atoms. The van der Waals surface area contributed by atoms with Gasteiger partial charge in [0.15, 0.2) is 0 Å². The van der Waals surface area contributed by atoms with Gasteiger partial charge in [0.1, 0.15) is 5.82 Å². The molecule has 186 valence electrons. The maximum absolute atomic E-state index is 14.9. The largest absolute Gasteiger partial charge is 0.326 e. The zero-order chi connectivity index (χ0) is 25.2. The van der Waals surface area contributed by atoms with E-state index in [0.29, 0.717) is 22.9 Å². The number of hydrogen-bond donors (Lipinski definition) is 2. The highest BCUT2D eigenvalue weighted by molar-refractivity contribution is 6.30. The second-order valence-corrected chi connectivity index (χ2v) is 9.72. The van der Waals surface area contributed by atoms with Gasteiger partial charge in [-0.15, -0.1) is 0 Å². The van der Waals surface area contributed by atoms with Gasteiger partial charge in [-0.3, -0.25) is 19.0 Å². The van der Waals surface area contributed by atoms with Gasteiger partial charge in [-0.1, -0.05) is 17.7 Å². The molecule has 1 aliphatic carbocycles. The molecule has 0 unspecified atom stereocenters. The molecule has 7 nitrogen and oxygen atoms in total. The molecular formula is C27H26ClFN4O3. The van der Waals surface area contributed by atoms with Crippen molar-refractivity contribution in [2.24, 2.45) is 17.8 Å². The Hall–Kier alpha value is -3.49. The summed E-state index contributed by atoms with van der Waals surface area (Å²) in [5.74, 6) is -2.50. The van der Waals surface area contributed by atoms with Crippen LogP contribution in [0.3, 0.4) is 0 Å². The Morgan fingerprint density at radius 3 is 2.31 bits per heavy atom. The number of rotatable bonds is 7. The number of carbonyl (C=O) groups is 2. The van der Waals surface area contributed by atoms with Crippen molar-refractivity contribution in [2.45, 2.75) is 12.8 Å². The van der Waals surface area contributed by atoms with E-state index in [9.17, 15) is 18.8 Å². The predicted octanol–water partition coefficient (Wildman–Crippen LogP) is 4.17. The molecule has 2 aliphatic rings. The molecule has 3 atom stereocenters. The number of benzene rings is 2. The van der Waals surface area contributed by atoms with Gasteiger partial charge >= 0.3 is 0 Å². The molecular weight excluding hydrogens is 483 g/mol. The third-order valence-electron chi connectivity index (χ3n) is 6.86. The van der Waals surface area contributed by atoms with Gasteiger partial charge in [-0.25, -0.2) is 4.39 Å². The number of aromatic nitrogens is 1. The second-order valence-electron chi connectivity index (χ2n) is 9.28. The number of carbonyl (C=O) groups excluding carboxylic acids is 2. The van der Waals surface area contributed by atoms with Gasteiger partial charge in [-0.2, -0.15) is 0 Å². The van der Waals surface area contributed by atoms with Crippen LogP contribution in [0, 0.1) is 23.6 Å². The van der Waals surface area contributed by atoms with Crippen LogP contribution in [-0.2, 0) is 9.59 Å². The molecule has 2 heterocycles. The lowest BCUT2D eigenvalue weighted by Gasteiger charge is -2.14. The summed E-state index contributed by atoms with van der Waals surface area (Å²) in [6.07, 6.45) is 3.76. The van der Waals surface area contributed by atoms with Crippen LogP contribution in [0.2, 0.25) is 5.02 Å². The van der Waals surface area contributed by atoms with E-state index in [2.05, 4.69) is 15.5 Å². The molecule has 2 fully saturated rings. The van der Waals surface area contributed by atoms with Gasteiger partial charge in [0.2, 0.25) is 11.8 Å². The van der Waals surface area contributed by atoms with Crippen LogP contribution in [0.1, 0.15) is 12.8 Å². The Bertz CT molecular complexity index is 1340. The van der Waals surface area contributed by atoms with Crippen LogP contribution in [-0.4, -0.2) is 40.9 Å². The van der Waals surface area contributed by atoms with Crippen molar-refractivity contribution in [1.82, 2.24) is 9.47 Å². The Morgan fingerprint density at radius 1 is 0.944 bits per heavy atom. The Balaban J connectivity index is 1.31. The van der Waals surface area contributed by atoms with Crippen molar-refractivity contribution < 1.29 is 14.0 Å². The summed E-state index contributed by atoms with van der Waals surface area (Å²) >= 11 is 5.93. The molecule has 1 saturated carbocycles. The van der Waals surface area contributed by atoms with E-state index in [-0.39, 0.29) is 29.0 Å². The summed E-state index contributed by atoms with van der Waals surface area (Å²) in [7, 11) is 0. The minimum atomic E-state index is -0.657. The summed E-state index contributed by atoms with van der Waals surface area (Å²) in [6.45, 7) is 2.55.